The molecule has 2 atom stereocenters. The van der Waals surface area contributed by atoms with Gasteiger partial charge in [-0.25, -0.2) is 9.37 Å². The maximum absolute atomic E-state index is 13.7. The second-order valence-corrected chi connectivity index (χ2v) is 6.43. The fraction of sp³-hybridized carbons (Fsp3) is 0.176. The molecule has 1 aliphatic heterocycles. The third-order valence-electron chi connectivity index (χ3n) is 3.70. The van der Waals surface area contributed by atoms with Crippen molar-refractivity contribution in [2.75, 3.05) is 5.32 Å². The Morgan fingerprint density at radius 2 is 1.92 bits per heavy atom. The molecule has 0 fully saturated rings. The van der Waals surface area contributed by atoms with Crippen LogP contribution in [0.2, 0.25) is 0 Å². The van der Waals surface area contributed by atoms with Crippen LogP contribution in [0.25, 0.3) is 10.2 Å². The van der Waals surface area contributed by atoms with Crippen LogP contribution in [0.4, 0.5) is 9.52 Å². The summed E-state index contributed by atoms with van der Waals surface area (Å²) in [6.07, 6.45) is -1.26. The Bertz CT molecular complexity index is 927. The first kappa shape index (κ1) is 14.9. The molecule has 1 amide bonds. The van der Waals surface area contributed by atoms with E-state index in [0.717, 1.165) is 0 Å². The monoisotopic (exact) mass is 344 g/mol. The molecule has 0 saturated heterocycles. The SMILES string of the molecule is CC1Oc2ccccc2OC1C(=O)Nc1nc2c(F)cccc2s1. The molecule has 4 rings (SSSR count). The van der Waals surface area contributed by atoms with Crippen molar-refractivity contribution in [2.24, 2.45) is 0 Å². The average Bonchev–Trinajstić information content (AvgIpc) is 2.98. The summed E-state index contributed by atoms with van der Waals surface area (Å²) in [5, 5.41) is 3.01. The van der Waals surface area contributed by atoms with Gasteiger partial charge in [0.05, 0.1) is 4.70 Å². The summed E-state index contributed by atoms with van der Waals surface area (Å²) in [6, 6.07) is 11.9. The second kappa shape index (κ2) is 5.76. The van der Waals surface area contributed by atoms with Gasteiger partial charge in [-0.1, -0.05) is 29.5 Å². The number of fused-ring (bicyclic) bond motifs is 2. The average molecular weight is 344 g/mol. The van der Waals surface area contributed by atoms with Gasteiger partial charge in [-0.15, -0.1) is 0 Å². The topological polar surface area (TPSA) is 60.5 Å². The van der Waals surface area contributed by atoms with E-state index >= 15 is 0 Å². The standard InChI is InChI=1S/C17H13FN2O3S/c1-9-15(23-12-7-3-2-6-11(12)22-9)16(21)20-17-19-14-10(18)5-4-8-13(14)24-17/h2-9,15H,1H3,(H,19,20,21). The third kappa shape index (κ3) is 2.56. The Morgan fingerprint density at radius 3 is 2.67 bits per heavy atom. The van der Waals surface area contributed by atoms with Crippen LogP contribution in [0.1, 0.15) is 6.92 Å². The fourth-order valence-corrected chi connectivity index (χ4v) is 3.43. The summed E-state index contributed by atoms with van der Waals surface area (Å²) in [5.74, 6) is 0.336. The first-order chi connectivity index (χ1) is 11.6. The molecule has 1 N–H and O–H groups in total. The van der Waals surface area contributed by atoms with Crippen molar-refractivity contribution in [1.82, 2.24) is 4.98 Å². The number of rotatable bonds is 2. The number of hydrogen-bond donors (Lipinski definition) is 1. The van der Waals surface area contributed by atoms with E-state index in [0.29, 0.717) is 21.3 Å². The summed E-state index contributed by atoms with van der Waals surface area (Å²) in [5.41, 5.74) is 0.247. The van der Waals surface area contributed by atoms with Crippen molar-refractivity contribution in [1.29, 1.82) is 0 Å². The third-order valence-corrected chi connectivity index (χ3v) is 4.64. The normalized spacial score (nSPS) is 19.2. The van der Waals surface area contributed by atoms with Crippen molar-refractivity contribution in [3.8, 4) is 11.5 Å². The predicted octanol–water partition coefficient (Wildman–Crippen LogP) is 3.60. The minimum atomic E-state index is -0.809. The highest BCUT2D eigenvalue weighted by Gasteiger charge is 2.34. The van der Waals surface area contributed by atoms with Crippen molar-refractivity contribution >= 4 is 32.6 Å². The van der Waals surface area contributed by atoms with Crippen LogP contribution in [0.15, 0.2) is 42.5 Å². The molecule has 1 aromatic heterocycles. The molecule has 0 saturated carbocycles. The molecule has 1 aliphatic rings. The van der Waals surface area contributed by atoms with Crippen LogP contribution in [0.3, 0.4) is 0 Å². The molecule has 2 heterocycles. The van der Waals surface area contributed by atoms with Crippen LogP contribution < -0.4 is 14.8 Å². The van der Waals surface area contributed by atoms with Gasteiger partial charge in [-0.3, -0.25) is 10.1 Å². The van der Waals surface area contributed by atoms with Gasteiger partial charge in [0.25, 0.3) is 5.91 Å². The van der Waals surface area contributed by atoms with Crippen LogP contribution in [-0.4, -0.2) is 23.1 Å². The van der Waals surface area contributed by atoms with Crippen LogP contribution >= 0.6 is 11.3 Å². The summed E-state index contributed by atoms with van der Waals surface area (Å²) in [4.78, 5) is 16.6. The van der Waals surface area contributed by atoms with Crippen molar-refractivity contribution in [3.63, 3.8) is 0 Å². The van der Waals surface area contributed by atoms with Gasteiger partial charge in [0.15, 0.2) is 16.6 Å². The lowest BCUT2D eigenvalue weighted by atomic mass is 10.1. The lowest BCUT2D eigenvalue weighted by Crippen LogP contribution is -2.46. The Balaban J connectivity index is 1.56. The number of ether oxygens (including phenoxy) is 2. The molecule has 0 radical (unpaired) electrons. The lowest BCUT2D eigenvalue weighted by molar-refractivity contribution is -0.128. The quantitative estimate of drug-likeness (QED) is 0.772. The predicted molar refractivity (Wildman–Crippen MR) is 89.2 cm³/mol. The summed E-state index contributed by atoms with van der Waals surface area (Å²) >= 11 is 1.21. The highest BCUT2D eigenvalue weighted by atomic mass is 32.1. The Kier molecular flexibility index (Phi) is 3.57. The van der Waals surface area contributed by atoms with Gasteiger partial charge in [0.2, 0.25) is 6.10 Å². The minimum absolute atomic E-state index is 0.247. The Hall–Kier alpha value is -2.67. The zero-order chi connectivity index (χ0) is 16.7. The molecule has 0 bridgehead atoms. The number of anilines is 1. The van der Waals surface area contributed by atoms with E-state index in [9.17, 15) is 9.18 Å². The molecule has 5 nitrogen and oxygen atoms in total. The van der Waals surface area contributed by atoms with E-state index < -0.39 is 18.0 Å². The maximum Gasteiger partial charge on any atom is 0.271 e. The van der Waals surface area contributed by atoms with Gasteiger partial charge in [0.1, 0.15) is 17.4 Å². The number of aromatic nitrogens is 1. The summed E-state index contributed by atoms with van der Waals surface area (Å²) in [6.45, 7) is 1.76. The van der Waals surface area contributed by atoms with Crippen LogP contribution in [0.5, 0.6) is 11.5 Å². The van der Waals surface area contributed by atoms with E-state index in [1.54, 1.807) is 31.2 Å². The van der Waals surface area contributed by atoms with Crippen molar-refractivity contribution in [3.05, 3.63) is 48.3 Å². The van der Waals surface area contributed by atoms with Gasteiger partial charge in [0, 0.05) is 0 Å². The molecular weight excluding hydrogens is 331 g/mol. The number of carbonyl (C=O) groups is 1. The number of halogens is 1. The van der Waals surface area contributed by atoms with E-state index in [-0.39, 0.29) is 11.4 Å². The number of nitrogens with one attached hydrogen (secondary N) is 1. The van der Waals surface area contributed by atoms with Crippen LogP contribution in [-0.2, 0) is 4.79 Å². The second-order valence-electron chi connectivity index (χ2n) is 5.40. The minimum Gasteiger partial charge on any atom is -0.482 e. The first-order valence-corrected chi connectivity index (χ1v) is 8.22. The van der Waals surface area contributed by atoms with Crippen molar-refractivity contribution in [2.45, 2.75) is 19.1 Å². The number of carbonyl (C=O) groups excluding carboxylic acids is 1. The number of amides is 1. The van der Waals surface area contributed by atoms with Crippen molar-refractivity contribution < 1.29 is 18.7 Å². The fourth-order valence-electron chi connectivity index (χ4n) is 2.55. The smallest absolute Gasteiger partial charge is 0.271 e. The van der Waals surface area contributed by atoms with E-state index in [1.165, 1.54) is 17.4 Å². The highest BCUT2D eigenvalue weighted by Crippen LogP contribution is 2.34. The zero-order valence-corrected chi connectivity index (χ0v) is 13.5. The van der Waals surface area contributed by atoms with Gasteiger partial charge >= 0.3 is 0 Å². The van der Waals surface area contributed by atoms with Crippen LogP contribution in [0, 0.1) is 5.82 Å². The number of para-hydroxylation sites is 3. The number of benzene rings is 2. The van der Waals surface area contributed by atoms with E-state index in [4.69, 9.17) is 9.47 Å². The van der Waals surface area contributed by atoms with Gasteiger partial charge < -0.3 is 9.47 Å². The zero-order valence-electron chi connectivity index (χ0n) is 12.7. The molecule has 2 unspecified atom stereocenters. The molecule has 24 heavy (non-hydrogen) atoms. The summed E-state index contributed by atoms with van der Waals surface area (Å²) in [7, 11) is 0. The molecular formula is C17H13FN2O3S. The maximum atomic E-state index is 13.7. The first-order valence-electron chi connectivity index (χ1n) is 7.40. The molecule has 0 spiro atoms. The van der Waals surface area contributed by atoms with E-state index in [1.807, 2.05) is 12.1 Å². The van der Waals surface area contributed by atoms with Gasteiger partial charge in [-0.2, -0.15) is 0 Å². The Morgan fingerprint density at radius 1 is 1.17 bits per heavy atom. The van der Waals surface area contributed by atoms with E-state index in [2.05, 4.69) is 10.3 Å². The largest absolute Gasteiger partial charge is 0.482 e. The molecule has 3 aromatic rings. The summed E-state index contributed by atoms with van der Waals surface area (Å²) < 4.78 is 25.8. The number of nitrogens with zero attached hydrogens (tertiary/aromatic N) is 1. The molecule has 0 aliphatic carbocycles. The molecule has 2 aromatic carbocycles. The molecule has 7 heteroatoms. The van der Waals surface area contributed by atoms with Gasteiger partial charge in [-0.05, 0) is 31.2 Å². The highest BCUT2D eigenvalue weighted by molar-refractivity contribution is 7.22. The Labute approximate surface area is 141 Å². The lowest BCUT2D eigenvalue weighted by Gasteiger charge is -2.30. The molecule has 122 valence electrons. The number of thiazole rings is 1. The number of hydrogen-bond acceptors (Lipinski definition) is 5.